The van der Waals surface area contributed by atoms with Crippen molar-refractivity contribution in [3.63, 3.8) is 0 Å². The summed E-state index contributed by atoms with van der Waals surface area (Å²) < 4.78 is 1.10. The first-order valence-corrected chi connectivity index (χ1v) is 6.73. The summed E-state index contributed by atoms with van der Waals surface area (Å²) in [6, 6.07) is 11.0. The highest BCUT2D eigenvalue weighted by Gasteiger charge is 2.00. The van der Waals surface area contributed by atoms with Crippen LogP contribution < -0.4 is 5.32 Å². The van der Waals surface area contributed by atoms with Crippen LogP contribution in [0.1, 0.15) is 19.5 Å². The molecule has 1 aromatic carbocycles. The van der Waals surface area contributed by atoms with Crippen molar-refractivity contribution in [3.05, 3.63) is 40.5 Å². The number of hydrogen-bond acceptors (Lipinski definition) is 2. The Morgan fingerprint density at radius 1 is 1.24 bits per heavy atom. The van der Waals surface area contributed by atoms with Crippen molar-refractivity contribution < 1.29 is 0 Å². The van der Waals surface area contributed by atoms with Gasteiger partial charge in [0.25, 0.3) is 0 Å². The van der Waals surface area contributed by atoms with Gasteiger partial charge in [-0.05, 0) is 24.3 Å². The van der Waals surface area contributed by atoms with Gasteiger partial charge in [-0.1, -0.05) is 35.8 Å². The summed E-state index contributed by atoms with van der Waals surface area (Å²) in [5.41, 5.74) is 2.21. The van der Waals surface area contributed by atoms with Gasteiger partial charge in [0.2, 0.25) is 0 Å². The van der Waals surface area contributed by atoms with Crippen LogP contribution in [0, 0.1) is 0 Å². The van der Waals surface area contributed by atoms with Gasteiger partial charge in [-0.3, -0.25) is 4.98 Å². The fourth-order valence-corrected chi connectivity index (χ4v) is 2.15. The van der Waals surface area contributed by atoms with Crippen LogP contribution in [0.15, 0.2) is 34.8 Å². The van der Waals surface area contributed by atoms with Crippen LogP contribution in [-0.2, 0) is 6.42 Å². The van der Waals surface area contributed by atoms with E-state index >= 15 is 0 Å². The van der Waals surface area contributed by atoms with Gasteiger partial charge < -0.3 is 5.32 Å². The molecule has 2 nitrogen and oxygen atoms in total. The number of hydrogen-bond donors (Lipinski definition) is 1. The molecule has 0 aliphatic rings. The number of halogens is 1. The predicted octanol–water partition coefficient (Wildman–Crippen LogP) is 3.54. The zero-order chi connectivity index (χ0) is 12.3. The smallest absolute Gasteiger partial charge is 0.0706 e. The van der Waals surface area contributed by atoms with Crippen molar-refractivity contribution in [2.75, 3.05) is 6.54 Å². The van der Waals surface area contributed by atoms with Gasteiger partial charge in [0, 0.05) is 34.6 Å². The van der Waals surface area contributed by atoms with Crippen molar-refractivity contribution in [2.45, 2.75) is 26.3 Å². The van der Waals surface area contributed by atoms with Gasteiger partial charge in [-0.2, -0.15) is 0 Å². The molecule has 2 rings (SSSR count). The van der Waals surface area contributed by atoms with Gasteiger partial charge in [0.1, 0.15) is 0 Å². The van der Waals surface area contributed by atoms with Crippen LogP contribution in [0.25, 0.3) is 10.9 Å². The summed E-state index contributed by atoms with van der Waals surface area (Å²) in [5, 5.41) is 4.58. The Morgan fingerprint density at radius 3 is 2.82 bits per heavy atom. The average Bonchev–Trinajstić information content (AvgIpc) is 2.29. The molecule has 0 bridgehead atoms. The molecule has 0 unspecified atom stereocenters. The molecule has 0 fully saturated rings. The van der Waals surface area contributed by atoms with Crippen LogP contribution in [0.5, 0.6) is 0 Å². The highest BCUT2D eigenvalue weighted by molar-refractivity contribution is 9.10. The minimum Gasteiger partial charge on any atom is -0.314 e. The van der Waals surface area contributed by atoms with E-state index in [1.807, 2.05) is 6.07 Å². The van der Waals surface area contributed by atoms with Gasteiger partial charge in [-0.15, -0.1) is 0 Å². The summed E-state index contributed by atoms with van der Waals surface area (Å²) in [7, 11) is 0. The lowest BCUT2D eigenvalue weighted by Gasteiger charge is -2.08. The lowest BCUT2D eigenvalue weighted by Crippen LogP contribution is -2.25. The largest absolute Gasteiger partial charge is 0.314 e. The van der Waals surface area contributed by atoms with E-state index in [2.05, 4.69) is 64.3 Å². The molecule has 0 radical (unpaired) electrons. The molecule has 0 amide bonds. The topological polar surface area (TPSA) is 24.9 Å². The standard InChI is InChI=1S/C14H17BrN2/c1-10(2)16-8-7-13-5-3-11-9-12(15)4-6-14(11)17-13/h3-6,9-10,16H,7-8H2,1-2H3. The Hall–Kier alpha value is -0.930. The third-order valence-electron chi connectivity index (χ3n) is 2.64. The van der Waals surface area contributed by atoms with Crippen LogP contribution in [0.2, 0.25) is 0 Å². The van der Waals surface area contributed by atoms with Crippen LogP contribution >= 0.6 is 15.9 Å². The maximum Gasteiger partial charge on any atom is 0.0706 e. The van der Waals surface area contributed by atoms with Gasteiger partial charge in [-0.25, -0.2) is 0 Å². The molecule has 0 aliphatic carbocycles. The minimum absolute atomic E-state index is 0.534. The molecule has 0 spiro atoms. The molecule has 0 aliphatic heterocycles. The normalized spacial score (nSPS) is 11.3. The van der Waals surface area contributed by atoms with Crippen molar-refractivity contribution >= 4 is 26.8 Å². The molecule has 3 heteroatoms. The number of fused-ring (bicyclic) bond motifs is 1. The lowest BCUT2D eigenvalue weighted by atomic mass is 10.2. The van der Waals surface area contributed by atoms with E-state index in [0.29, 0.717) is 6.04 Å². The van der Waals surface area contributed by atoms with Crippen LogP contribution in [-0.4, -0.2) is 17.6 Å². The molecular weight excluding hydrogens is 276 g/mol. The van der Waals surface area contributed by atoms with E-state index in [1.165, 1.54) is 5.39 Å². The first-order chi connectivity index (χ1) is 8.15. The Balaban J connectivity index is 2.12. The second kappa shape index (κ2) is 5.61. The Kier molecular flexibility index (Phi) is 4.13. The zero-order valence-electron chi connectivity index (χ0n) is 10.2. The van der Waals surface area contributed by atoms with E-state index in [9.17, 15) is 0 Å². The summed E-state index contributed by atoms with van der Waals surface area (Å²) in [6.07, 6.45) is 0.976. The van der Waals surface area contributed by atoms with Gasteiger partial charge in [0.15, 0.2) is 0 Å². The fraction of sp³-hybridized carbons (Fsp3) is 0.357. The molecule has 0 saturated carbocycles. The highest BCUT2D eigenvalue weighted by atomic mass is 79.9. The molecule has 0 saturated heterocycles. The maximum absolute atomic E-state index is 4.65. The summed E-state index contributed by atoms with van der Waals surface area (Å²) in [5.74, 6) is 0. The number of nitrogens with one attached hydrogen (secondary N) is 1. The number of benzene rings is 1. The molecular formula is C14H17BrN2. The Bertz CT molecular complexity index is 509. The molecule has 1 aromatic heterocycles. The van der Waals surface area contributed by atoms with E-state index in [1.54, 1.807) is 0 Å². The summed E-state index contributed by atoms with van der Waals surface area (Å²) in [4.78, 5) is 4.65. The van der Waals surface area contributed by atoms with E-state index in [4.69, 9.17) is 0 Å². The molecule has 90 valence electrons. The number of pyridine rings is 1. The van der Waals surface area contributed by atoms with Crippen molar-refractivity contribution in [3.8, 4) is 0 Å². The highest BCUT2D eigenvalue weighted by Crippen LogP contribution is 2.18. The van der Waals surface area contributed by atoms with Crippen molar-refractivity contribution in [1.82, 2.24) is 10.3 Å². The Morgan fingerprint density at radius 2 is 2.06 bits per heavy atom. The van der Waals surface area contributed by atoms with E-state index in [0.717, 1.165) is 28.6 Å². The van der Waals surface area contributed by atoms with Gasteiger partial charge in [0.05, 0.1) is 5.52 Å². The first-order valence-electron chi connectivity index (χ1n) is 5.94. The summed E-state index contributed by atoms with van der Waals surface area (Å²) in [6.45, 7) is 5.30. The third-order valence-corrected chi connectivity index (χ3v) is 3.14. The number of aromatic nitrogens is 1. The van der Waals surface area contributed by atoms with Gasteiger partial charge >= 0.3 is 0 Å². The van der Waals surface area contributed by atoms with Crippen LogP contribution in [0.3, 0.4) is 0 Å². The van der Waals surface area contributed by atoms with E-state index in [-0.39, 0.29) is 0 Å². The molecule has 0 atom stereocenters. The van der Waals surface area contributed by atoms with Crippen molar-refractivity contribution in [2.24, 2.45) is 0 Å². The van der Waals surface area contributed by atoms with Crippen LogP contribution in [0.4, 0.5) is 0 Å². The van der Waals surface area contributed by atoms with Crippen molar-refractivity contribution in [1.29, 1.82) is 0 Å². The van der Waals surface area contributed by atoms with E-state index < -0.39 is 0 Å². The second-order valence-corrected chi connectivity index (χ2v) is 5.41. The molecule has 1 heterocycles. The zero-order valence-corrected chi connectivity index (χ0v) is 11.8. The average molecular weight is 293 g/mol. The quantitative estimate of drug-likeness (QED) is 0.932. The molecule has 2 aromatic rings. The Labute approximate surface area is 111 Å². The molecule has 1 N–H and O–H groups in total. The minimum atomic E-state index is 0.534. The summed E-state index contributed by atoms with van der Waals surface area (Å²) >= 11 is 3.47. The first kappa shape index (κ1) is 12.5. The molecule has 17 heavy (non-hydrogen) atoms. The lowest BCUT2D eigenvalue weighted by molar-refractivity contribution is 0.587. The SMILES string of the molecule is CC(C)NCCc1ccc2cc(Br)ccc2n1. The predicted molar refractivity (Wildman–Crippen MR) is 76.3 cm³/mol. The third kappa shape index (κ3) is 3.51. The second-order valence-electron chi connectivity index (χ2n) is 4.50. The fourth-order valence-electron chi connectivity index (χ4n) is 1.77. The maximum atomic E-state index is 4.65. The number of nitrogens with zero attached hydrogens (tertiary/aromatic N) is 1. The number of rotatable bonds is 4. The monoisotopic (exact) mass is 292 g/mol.